The zero-order chi connectivity index (χ0) is 14.7. The molecule has 20 heavy (non-hydrogen) atoms. The SMILES string of the molecule is CCC(=O)c1sc(Nc2c(C)cccc2CC)nc1N. The molecule has 5 heteroatoms. The number of rotatable bonds is 5. The van der Waals surface area contributed by atoms with Crippen LogP contribution in [0.25, 0.3) is 0 Å². The van der Waals surface area contributed by atoms with E-state index in [9.17, 15) is 4.79 Å². The second kappa shape index (κ2) is 6.05. The molecule has 0 saturated carbocycles. The van der Waals surface area contributed by atoms with Crippen LogP contribution in [0, 0.1) is 6.92 Å². The van der Waals surface area contributed by atoms with E-state index >= 15 is 0 Å². The summed E-state index contributed by atoms with van der Waals surface area (Å²) >= 11 is 1.32. The Hall–Kier alpha value is -1.88. The Kier molecular flexibility index (Phi) is 4.39. The lowest BCUT2D eigenvalue weighted by molar-refractivity contribution is 0.0992. The van der Waals surface area contributed by atoms with Gasteiger partial charge in [0.15, 0.2) is 10.9 Å². The van der Waals surface area contributed by atoms with Crippen LogP contribution in [0.1, 0.15) is 41.1 Å². The summed E-state index contributed by atoms with van der Waals surface area (Å²) in [5.74, 6) is 0.351. The molecule has 0 aliphatic heterocycles. The molecule has 106 valence electrons. The van der Waals surface area contributed by atoms with E-state index in [-0.39, 0.29) is 5.78 Å². The van der Waals surface area contributed by atoms with Crippen molar-refractivity contribution in [1.82, 2.24) is 4.98 Å². The lowest BCUT2D eigenvalue weighted by Crippen LogP contribution is -1.98. The third-order valence-electron chi connectivity index (χ3n) is 3.20. The monoisotopic (exact) mass is 289 g/mol. The molecule has 1 aromatic carbocycles. The van der Waals surface area contributed by atoms with Crippen LogP contribution in [0.5, 0.6) is 0 Å². The molecule has 0 unspecified atom stereocenters. The second-order valence-electron chi connectivity index (χ2n) is 4.60. The highest BCUT2D eigenvalue weighted by molar-refractivity contribution is 7.18. The van der Waals surface area contributed by atoms with Crippen molar-refractivity contribution in [3.8, 4) is 0 Å². The third-order valence-corrected chi connectivity index (χ3v) is 4.23. The molecule has 0 amide bonds. The molecular formula is C15H19N3OS. The first-order chi connectivity index (χ1) is 9.56. The Morgan fingerprint density at radius 3 is 2.80 bits per heavy atom. The number of carbonyl (C=O) groups is 1. The summed E-state index contributed by atoms with van der Waals surface area (Å²) < 4.78 is 0. The van der Waals surface area contributed by atoms with Crippen molar-refractivity contribution < 1.29 is 4.79 Å². The number of nitrogens with zero attached hydrogens (tertiary/aromatic N) is 1. The van der Waals surface area contributed by atoms with Crippen LogP contribution in [-0.2, 0) is 6.42 Å². The van der Waals surface area contributed by atoms with E-state index in [1.807, 2.05) is 13.0 Å². The quantitative estimate of drug-likeness (QED) is 0.818. The summed E-state index contributed by atoms with van der Waals surface area (Å²) in [6, 6.07) is 6.18. The normalized spacial score (nSPS) is 10.6. The van der Waals surface area contributed by atoms with Gasteiger partial charge in [0, 0.05) is 12.1 Å². The first-order valence-corrected chi connectivity index (χ1v) is 7.53. The molecule has 1 heterocycles. The van der Waals surface area contributed by atoms with E-state index in [0.29, 0.717) is 22.2 Å². The molecule has 0 aliphatic rings. The van der Waals surface area contributed by atoms with E-state index < -0.39 is 0 Å². The van der Waals surface area contributed by atoms with E-state index in [0.717, 1.165) is 17.7 Å². The van der Waals surface area contributed by atoms with E-state index in [1.165, 1.54) is 16.9 Å². The third kappa shape index (κ3) is 2.82. The zero-order valence-corrected chi connectivity index (χ0v) is 12.8. The predicted molar refractivity (Wildman–Crippen MR) is 85.0 cm³/mol. The highest BCUT2D eigenvalue weighted by Gasteiger charge is 2.15. The highest BCUT2D eigenvalue weighted by atomic mass is 32.1. The molecule has 3 N–H and O–H groups in total. The Morgan fingerprint density at radius 1 is 1.40 bits per heavy atom. The number of hydrogen-bond acceptors (Lipinski definition) is 5. The van der Waals surface area contributed by atoms with Gasteiger partial charge in [-0.2, -0.15) is 0 Å². The number of benzene rings is 1. The van der Waals surface area contributed by atoms with Crippen LogP contribution in [0.15, 0.2) is 18.2 Å². The van der Waals surface area contributed by atoms with Crippen molar-refractivity contribution in [2.45, 2.75) is 33.6 Å². The van der Waals surface area contributed by atoms with Crippen molar-refractivity contribution in [1.29, 1.82) is 0 Å². The standard InChI is InChI=1S/C15H19N3OS/c1-4-10-8-6-7-9(3)12(10)17-15-18-14(16)13(20-15)11(19)5-2/h6-8H,4-5,16H2,1-3H3,(H,17,18). The van der Waals surface area contributed by atoms with Gasteiger partial charge in [-0.3, -0.25) is 4.79 Å². The number of aromatic nitrogens is 1. The number of nitrogens with two attached hydrogens (primary N) is 1. The molecule has 4 nitrogen and oxygen atoms in total. The zero-order valence-electron chi connectivity index (χ0n) is 12.0. The van der Waals surface area contributed by atoms with E-state index in [2.05, 4.69) is 36.3 Å². The summed E-state index contributed by atoms with van der Waals surface area (Å²) in [5, 5.41) is 3.98. The molecule has 1 aromatic heterocycles. The molecule has 0 atom stereocenters. The van der Waals surface area contributed by atoms with Gasteiger partial charge in [-0.1, -0.05) is 43.4 Å². The number of hydrogen-bond donors (Lipinski definition) is 2. The molecule has 0 saturated heterocycles. The molecule has 0 bridgehead atoms. The Morgan fingerprint density at radius 2 is 2.15 bits per heavy atom. The van der Waals surface area contributed by atoms with Gasteiger partial charge in [0.2, 0.25) is 0 Å². The van der Waals surface area contributed by atoms with Crippen LogP contribution in [-0.4, -0.2) is 10.8 Å². The van der Waals surface area contributed by atoms with Crippen molar-refractivity contribution in [2.75, 3.05) is 11.1 Å². The van der Waals surface area contributed by atoms with Crippen LogP contribution >= 0.6 is 11.3 Å². The number of carbonyl (C=O) groups excluding carboxylic acids is 1. The maximum absolute atomic E-state index is 11.8. The average molecular weight is 289 g/mol. The minimum atomic E-state index is 0.0357. The number of ketones is 1. The van der Waals surface area contributed by atoms with Crippen molar-refractivity contribution in [2.24, 2.45) is 0 Å². The second-order valence-corrected chi connectivity index (χ2v) is 5.60. The van der Waals surface area contributed by atoms with Crippen molar-refractivity contribution in [3.63, 3.8) is 0 Å². The van der Waals surface area contributed by atoms with Gasteiger partial charge in [0.05, 0.1) is 0 Å². The molecule has 2 rings (SSSR count). The van der Waals surface area contributed by atoms with Gasteiger partial charge < -0.3 is 11.1 Å². The number of aryl methyl sites for hydroxylation is 2. The maximum atomic E-state index is 11.8. The first kappa shape index (κ1) is 14.5. The fourth-order valence-corrected chi connectivity index (χ4v) is 2.95. The Balaban J connectivity index is 2.34. The molecule has 2 aromatic rings. The minimum Gasteiger partial charge on any atom is -0.382 e. The smallest absolute Gasteiger partial charge is 0.189 e. The average Bonchev–Trinajstić information content (AvgIpc) is 2.81. The van der Waals surface area contributed by atoms with Gasteiger partial charge in [0.25, 0.3) is 0 Å². The van der Waals surface area contributed by atoms with Crippen molar-refractivity contribution in [3.05, 3.63) is 34.2 Å². The molecular weight excluding hydrogens is 270 g/mol. The Labute approximate surface area is 123 Å². The van der Waals surface area contributed by atoms with Crippen LogP contribution in [0.2, 0.25) is 0 Å². The summed E-state index contributed by atoms with van der Waals surface area (Å²) in [4.78, 5) is 16.6. The largest absolute Gasteiger partial charge is 0.382 e. The number of anilines is 3. The number of para-hydroxylation sites is 1. The predicted octanol–water partition coefficient (Wildman–Crippen LogP) is 3.93. The Bertz CT molecular complexity index is 634. The number of nitrogen functional groups attached to an aromatic ring is 1. The molecule has 0 radical (unpaired) electrons. The first-order valence-electron chi connectivity index (χ1n) is 6.71. The van der Waals surface area contributed by atoms with Gasteiger partial charge in [-0.05, 0) is 24.5 Å². The van der Waals surface area contributed by atoms with Crippen LogP contribution in [0.4, 0.5) is 16.6 Å². The molecule has 0 aliphatic carbocycles. The molecule has 0 spiro atoms. The summed E-state index contributed by atoms with van der Waals surface area (Å²) in [5.41, 5.74) is 9.25. The van der Waals surface area contributed by atoms with Crippen LogP contribution in [0.3, 0.4) is 0 Å². The van der Waals surface area contributed by atoms with Gasteiger partial charge in [-0.25, -0.2) is 4.98 Å². The van der Waals surface area contributed by atoms with Crippen molar-refractivity contribution >= 4 is 33.8 Å². The van der Waals surface area contributed by atoms with E-state index in [1.54, 1.807) is 0 Å². The number of nitrogens with one attached hydrogen (secondary N) is 1. The van der Waals surface area contributed by atoms with Gasteiger partial charge in [0.1, 0.15) is 10.7 Å². The van der Waals surface area contributed by atoms with Gasteiger partial charge in [-0.15, -0.1) is 0 Å². The lowest BCUT2D eigenvalue weighted by Gasteiger charge is -2.11. The topological polar surface area (TPSA) is 68.0 Å². The van der Waals surface area contributed by atoms with Gasteiger partial charge >= 0.3 is 0 Å². The summed E-state index contributed by atoms with van der Waals surface area (Å²) in [7, 11) is 0. The van der Waals surface area contributed by atoms with E-state index in [4.69, 9.17) is 5.73 Å². The number of Topliss-reactive ketones (excluding diaryl/α,β-unsaturated/α-hetero) is 1. The maximum Gasteiger partial charge on any atom is 0.189 e. The highest BCUT2D eigenvalue weighted by Crippen LogP contribution is 2.31. The van der Waals surface area contributed by atoms with Crippen LogP contribution < -0.4 is 11.1 Å². The fraction of sp³-hybridized carbons (Fsp3) is 0.333. The number of thiazole rings is 1. The fourth-order valence-electron chi connectivity index (χ4n) is 2.05. The molecule has 0 fully saturated rings. The minimum absolute atomic E-state index is 0.0357. The lowest BCUT2D eigenvalue weighted by atomic mass is 10.1. The summed E-state index contributed by atoms with van der Waals surface area (Å²) in [6.45, 7) is 5.99. The summed E-state index contributed by atoms with van der Waals surface area (Å²) in [6.07, 6.45) is 1.38.